The molecule has 2 aromatic carbocycles. The molecule has 16 heavy (non-hydrogen) atoms. The van der Waals surface area contributed by atoms with Crippen LogP contribution in [0.2, 0.25) is 0 Å². The summed E-state index contributed by atoms with van der Waals surface area (Å²) in [6.45, 7) is 0. The zero-order valence-electron chi connectivity index (χ0n) is 8.51. The number of para-hydroxylation sites is 2. The van der Waals surface area contributed by atoms with Gasteiger partial charge in [0.15, 0.2) is 0 Å². The second-order valence-electron chi connectivity index (χ2n) is 3.63. The zero-order chi connectivity index (χ0) is 11.0. The lowest BCUT2D eigenvalue weighted by Gasteiger charge is -2.00. The summed E-state index contributed by atoms with van der Waals surface area (Å²) in [6, 6.07) is 15.1. The lowest BCUT2D eigenvalue weighted by Crippen LogP contribution is -1.79. The Morgan fingerprint density at radius 1 is 0.938 bits per heavy atom. The van der Waals surface area contributed by atoms with Gasteiger partial charge in [0, 0.05) is 10.9 Å². The first kappa shape index (κ1) is 8.97. The molecule has 0 unspecified atom stereocenters. The average Bonchev–Trinajstić information content (AvgIpc) is 2.74. The van der Waals surface area contributed by atoms with Crippen molar-refractivity contribution in [3.63, 3.8) is 0 Å². The third-order valence-electron chi connectivity index (χ3n) is 2.63. The lowest BCUT2D eigenvalue weighted by atomic mass is 10.1. The maximum atomic E-state index is 9.79. The topological polar surface area (TPSA) is 48.9 Å². The van der Waals surface area contributed by atoms with Crippen molar-refractivity contribution in [2.75, 3.05) is 0 Å². The fourth-order valence-electron chi connectivity index (χ4n) is 1.84. The Labute approximate surface area is 92.4 Å². The van der Waals surface area contributed by atoms with Crippen LogP contribution in [-0.2, 0) is 0 Å². The average molecular weight is 210 g/mol. The van der Waals surface area contributed by atoms with Crippen LogP contribution < -0.4 is 0 Å². The van der Waals surface area contributed by atoms with E-state index in [1.165, 1.54) is 0 Å². The number of nitrogens with one attached hydrogen (secondary N) is 1. The molecule has 0 saturated carbocycles. The summed E-state index contributed by atoms with van der Waals surface area (Å²) in [5, 5.41) is 18.0. The molecule has 0 aliphatic carbocycles. The molecule has 78 valence electrons. The van der Waals surface area contributed by atoms with E-state index in [1.807, 2.05) is 36.4 Å². The largest absolute Gasteiger partial charge is 0.507 e. The highest BCUT2D eigenvalue weighted by atomic mass is 16.3. The standard InChI is InChI=1S/C13H10N2O/c16-12-8-4-2-6-10(12)13-9-5-1-3-7-11(9)14-15-13/h1-8,16H,(H,14,15). The molecule has 0 radical (unpaired) electrons. The van der Waals surface area contributed by atoms with E-state index in [0.29, 0.717) is 0 Å². The number of phenolic OH excluding ortho intramolecular Hbond substituents is 1. The van der Waals surface area contributed by atoms with Crippen LogP contribution >= 0.6 is 0 Å². The van der Waals surface area contributed by atoms with Gasteiger partial charge in [-0.2, -0.15) is 5.10 Å². The van der Waals surface area contributed by atoms with E-state index in [1.54, 1.807) is 12.1 Å². The van der Waals surface area contributed by atoms with E-state index >= 15 is 0 Å². The SMILES string of the molecule is Oc1ccccc1-c1n[nH]c2ccccc12. The van der Waals surface area contributed by atoms with Gasteiger partial charge in [0.2, 0.25) is 0 Å². The first-order chi connectivity index (χ1) is 7.86. The van der Waals surface area contributed by atoms with E-state index in [2.05, 4.69) is 10.2 Å². The highest BCUT2D eigenvalue weighted by molar-refractivity contribution is 5.94. The second kappa shape index (κ2) is 3.38. The Morgan fingerprint density at radius 2 is 1.69 bits per heavy atom. The van der Waals surface area contributed by atoms with Crippen LogP contribution in [0.5, 0.6) is 5.75 Å². The van der Waals surface area contributed by atoms with Gasteiger partial charge in [0.05, 0.1) is 5.52 Å². The predicted octanol–water partition coefficient (Wildman–Crippen LogP) is 2.94. The molecule has 2 N–H and O–H groups in total. The molecular formula is C13H10N2O. The molecule has 3 heteroatoms. The summed E-state index contributed by atoms with van der Waals surface area (Å²) < 4.78 is 0. The van der Waals surface area contributed by atoms with Crippen molar-refractivity contribution in [1.29, 1.82) is 0 Å². The summed E-state index contributed by atoms with van der Waals surface area (Å²) in [5.74, 6) is 0.250. The predicted molar refractivity (Wildman–Crippen MR) is 63.2 cm³/mol. The second-order valence-corrected chi connectivity index (χ2v) is 3.63. The summed E-state index contributed by atoms with van der Waals surface area (Å²) in [4.78, 5) is 0. The van der Waals surface area contributed by atoms with E-state index in [9.17, 15) is 5.11 Å². The Kier molecular flexibility index (Phi) is 1.90. The molecule has 1 heterocycles. The molecule has 0 spiro atoms. The Bertz CT molecular complexity index is 643. The molecule has 0 atom stereocenters. The lowest BCUT2D eigenvalue weighted by molar-refractivity contribution is 0.477. The van der Waals surface area contributed by atoms with Crippen molar-refractivity contribution in [3.8, 4) is 17.0 Å². The van der Waals surface area contributed by atoms with Crippen molar-refractivity contribution in [2.24, 2.45) is 0 Å². The Hall–Kier alpha value is -2.29. The van der Waals surface area contributed by atoms with Gasteiger partial charge >= 0.3 is 0 Å². The van der Waals surface area contributed by atoms with Gasteiger partial charge in [-0.3, -0.25) is 5.10 Å². The number of phenols is 1. The summed E-state index contributed by atoms with van der Waals surface area (Å²) in [7, 11) is 0. The van der Waals surface area contributed by atoms with E-state index < -0.39 is 0 Å². The molecule has 0 amide bonds. The minimum absolute atomic E-state index is 0.250. The van der Waals surface area contributed by atoms with Gasteiger partial charge in [0.1, 0.15) is 11.4 Å². The van der Waals surface area contributed by atoms with Crippen LogP contribution in [0.15, 0.2) is 48.5 Å². The van der Waals surface area contributed by atoms with Crippen LogP contribution in [0, 0.1) is 0 Å². The third kappa shape index (κ3) is 1.26. The molecule has 3 nitrogen and oxygen atoms in total. The van der Waals surface area contributed by atoms with Gasteiger partial charge in [0.25, 0.3) is 0 Å². The molecule has 3 rings (SSSR count). The number of aromatic nitrogens is 2. The number of fused-ring (bicyclic) bond motifs is 1. The van der Waals surface area contributed by atoms with Crippen molar-refractivity contribution in [1.82, 2.24) is 10.2 Å². The van der Waals surface area contributed by atoms with E-state index in [4.69, 9.17) is 0 Å². The fraction of sp³-hybridized carbons (Fsp3) is 0. The maximum Gasteiger partial charge on any atom is 0.125 e. The van der Waals surface area contributed by atoms with Crippen molar-refractivity contribution in [2.45, 2.75) is 0 Å². The zero-order valence-corrected chi connectivity index (χ0v) is 8.51. The number of aromatic hydroxyl groups is 1. The van der Waals surface area contributed by atoms with Gasteiger partial charge < -0.3 is 5.11 Å². The van der Waals surface area contributed by atoms with Gasteiger partial charge in [-0.15, -0.1) is 0 Å². The number of hydrogen-bond donors (Lipinski definition) is 2. The first-order valence-corrected chi connectivity index (χ1v) is 5.08. The number of rotatable bonds is 1. The van der Waals surface area contributed by atoms with Crippen LogP contribution in [0.3, 0.4) is 0 Å². The third-order valence-corrected chi connectivity index (χ3v) is 2.63. The van der Waals surface area contributed by atoms with Crippen LogP contribution in [0.4, 0.5) is 0 Å². The molecule has 0 aliphatic rings. The first-order valence-electron chi connectivity index (χ1n) is 5.08. The van der Waals surface area contributed by atoms with E-state index in [-0.39, 0.29) is 5.75 Å². The van der Waals surface area contributed by atoms with Gasteiger partial charge in [-0.1, -0.05) is 30.3 Å². The number of H-pyrrole nitrogens is 1. The van der Waals surface area contributed by atoms with Crippen molar-refractivity contribution in [3.05, 3.63) is 48.5 Å². The van der Waals surface area contributed by atoms with Crippen LogP contribution in [-0.4, -0.2) is 15.3 Å². The number of benzene rings is 2. The number of aromatic amines is 1. The summed E-state index contributed by atoms with van der Waals surface area (Å²) in [5.41, 5.74) is 2.51. The van der Waals surface area contributed by atoms with Crippen LogP contribution in [0.25, 0.3) is 22.2 Å². The number of nitrogens with zero attached hydrogens (tertiary/aromatic N) is 1. The highest BCUT2D eigenvalue weighted by Gasteiger charge is 2.10. The fourth-order valence-corrected chi connectivity index (χ4v) is 1.84. The summed E-state index contributed by atoms with van der Waals surface area (Å²) >= 11 is 0. The van der Waals surface area contributed by atoms with E-state index in [0.717, 1.165) is 22.2 Å². The minimum atomic E-state index is 0.250. The highest BCUT2D eigenvalue weighted by Crippen LogP contribution is 2.31. The molecule has 0 bridgehead atoms. The Morgan fingerprint density at radius 3 is 2.56 bits per heavy atom. The molecular weight excluding hydrogens is 200 g/mol. The van der Waals surface area contributed by atoms with Crippen molar-refractivity contribution >= 4 is 10.9 Å². The van der Waals surface area contributed by atoms with Gasteiger partial charge in [-0.05, 0) is 18.2 Å². The minimum Gasteiger partial charge on any atom is -0.507 e. The normalized spacial score (nSPS) is 10.8. The smallest absolute Gasteiger partial charge is 0.125 e. The number of hydrogen-bond acceptors (Lipinski definition) is 2. The van der Waals surface area contributed by atoms with Gasteiger partial charge in [-0.25, -0.2) is 0 Å². The van der Waals surface area contributed by atoms with Crippen molar-refractivity contribution < 1.29 is 5.11 Å². The molecule has 1 aromatic heterocycles. The molecule has 0 saturated heterocycles. The molecule has 3 aromatic rings. The maximum absolute atomic E-state index is 9.79. The molecule has 0 aliphatic heterocycles. The quantitative estimate of drug-likeness (QED) is 0.648. The summed E-state index contributed by atoms with van der Waals surface area (Å²) in [6.07, 6.45) is 0. The Balaban J connectivity index is 2.31. The monoisotopic (exact) mass is 210 g/mol. The molecule has 0 fully saturated rings. The van der Waals surface area contributed by atoms with Crippen LogP contribution in [0.1, 0.15) is 0 Å².